The fourth-order valence-corrected chi connectivity index (χ4v) is 2.85. The molecular formula is C14H25ClN2O. The molecular weight excluding hydrogens is 248 g/mol. The maximum atomic E-state index is 5.60. The van der Waals surface area contributed by atoms with Gasteiger partial charge in [0, 0.05) is 19.6 Å². The average molecular weight is 273 g/mol. The van der Waals surface area contributed by atoms with E-state index in [0.29, 0.717) is 12.7 Å². The summed E-state index contributed by atoms with van der Waals surface area (Å²) >= 11 is 0. The summed E-state index contributed by atoms with van der Waals surface area (Å²) < 4.78 is 5.60. The van der Waals surface area contributed by atoms with Gasteiger partial charge in [-0.05, 0) is 44.7 Å². The first-order chi connectivity index (χ1) is 8.38. The van der Waals surface area contributed by atoms with E-state index in [9.17, 15) is 0 Å². The predicted octanol–water partition coefficient (Wildman–Crippen LogP) is 1.52. The number of ether oxygens (including phenoxy) is 1. The summed E-state index contributed by atoms with van der Waals surface area (Å²) in [6.07, 6.45) is 10.6. The molecule has 0 bridgehead atoms. The van der Waals surface area contributed by atoms with Crippen LogP contribution < -0.4 is 5.32 Å². The molecule has 2 fully saturated rings. The first-order valence-electron chi connectivity index (χ1n) is 6.86. The van der Waals surface area contributed by atoms with Crippen LogP contribution in [0.5, 0.6) is 0 Å². The molecule has 4 heteroatoms. The van der Waals surface area contributed by atoms with Crippen molar-refractivity contribution in [3.8, 4) is 12.3 Å². The highest BCUT2D eigenvalue weighted by molar-refractivity contribution is 5.85. The van der Waals surface area contributed by atoms with Gasteiger partial charge in [0.2, 0.25) is 0 Å². The molecule has 0 atom stereocenters. The van der Waals surface area contributed by atoms with E-state index < -0.39 is 0 Å². The van der Waals surface area contributed by atoms with Gasteiger partial charge >= 0.3 is 0 Å². The standard InChI is InChI=1S/C14H24N2O.ClH/c1-2-11-17-14-5-9-16(10-6-14)12-13-3-7-15-8-4-13;/h1,13-15H,3-12H2;1H. The van der Waals surface area contributed by atoms with E-state index in [1.54, 1.807) is 0 Å². The predicted molar refractivity (Wildman–Crippen MR) is 77.1 cm³/mol. The lowest BCUT2D eigenvalue weighted by Gasteiger charge is -2.35. The number of nitrogens with zero attached hydrogens (tertiary/aromatic N) is 1. The topological polar surface area (TPSA) is 24.5 Å². The van der Waals surface area contributed by atoms with Crippen molar-refractivity contribution in [2.75, 3.05) is 39.3 Å². The van der Waals surface area contributed by atoms with Crippen LogP contribution in [0.1, 0.15) is 25.7 Å². The average Bonchev–Trinajstić information content (AvgIpc) is 2.39. The number of hydrogen-bond donors (Lipinski definition) is 1. The summed E-state index contributed by atoms with van der Waals surface area (Å²) in [5.41, 5.74) is 0. The maximum absolute atomic E-state index is 5.60. The van der Waals surface area contributed by atoms with Crippen molar-refractivity contribution < 1.29 is 4.74 Å². The minimum atomic E-state index is 0. The Morgan fingerprint density at radius 1 is 1.17 bits per heavy atom. The van der Waals surface area contributed by atoms with Crippen LogP contribution in [0.3, 0.4) is 0 Å². The molecule has 0 unspecified atom stereocenters. The molecule has 0 aliphatic carbocycles. The van der Waals surface area contributed by atoms with Crippen LogP contribution in [0.15, 0.2) is 0 Å². The molecule has 0 radical (unpaired) electrons. The van der Waals surface area contributed by atoms with Gasteiger partial charge in [-0.3, -0.25) is 0 Å². The van der Waals surface area contributed by atoms with Crippen LogP contribution in [-0.2, 0) is 4.74 Å². The minimum Gasteiger partial charge on any atom is -0.365 e. The van der Waals surface area contributed by atoms with Crippen LogP contribution in [0, 0.1) is 18.3 Å². The Morgan fingerprint density at radius 3 is 2.44 bits per heavy atom. The number of piperidine rings is 2. The SMILES string of the molecule is C#CCOC1CCN(CC2CCNCC2)CC1.Cl. The van der Waals surface area contributed by atoms with Crippen molar-refractivity contribution in [1.82, 2.24) is 10.2 Å². The van der Waals surface area contributed by atoms with Gasteiger partial charge in [0.15, 0.2) is 0 Å². The molecule has 0 aromatic heterocycles. The zero-order valence-corrected chi connectivity index (χ0v) is 11.9. The third-order valence-electron chi connectivity index (χ3n) is 3.91. The molecule has 1 N–H and O–H groups in total. The van der Waals surface area contributed by atoms with Gasteiger partial charge in [0.25, 0.3) is 0 Å². The zero-order valence-electron chi connectivity index (χ0n) is 11.1. The summed E-state index contributed by atoms with van der Waals surface area (Å²) in [6, 6.07) is 0. The lowest BCUT2D eigenvalue weighted by Crippen LogP contribution is -2.41. The number of nitrogens with one attached hydrogen (secondary N) is 1. The highest BCUT2D eigenvalue weighted by atomic mass is 35.5. The van der Waals surface area contributed by atoms with Gasteiger partial charge in [0.1, 0.15) is 6.61 Å². The van der Waals surface area contributed by atoms with E-state index in [2.05, 4.69) is 16.1 Å². The van der Waals surface area contributed by atoms with E-state index in [-0.39, 0.29) is 12.4 Å². The van der Waals surface area contributed by atoms with Gasteiger partial charge in [-0.15, -0.1) is 18.8 Å². The van der Waals surface area contributed by atoms with Crippen molar-refractivity contribution in [3.05, 3.63) is 0 Å². The molecule has 2 heterocycles. The summed E-state index contributed by atoms with van der Waals surface area (Å²) in [5.74, 6) is 3.45. The normalized spacial score (nSPS) is 23.3. The Labute approximate surface area is 117 Å². The summed E-state index contributed by atoms with van der Waals surface area (Å²) in [5, 5.41) is 3.42. The van der Waals surface area contributed by atoms with E-state index in [1.165, 1.54) is 45.6 Å². The number of terminal acetylenes is 1. The number of likely N-dealkylation sites (tertiary alicyclic amines) is 1. The molecule has 3 nitrogen and oxygen atoms in total. The van der Waals surface area contributed by atoms with Crippen LogP contribution in [0.4, 0.5) is 0 Å². The Hall–Kier alpha value is -0.270. The summed E-state index contributed by atoms with van der Waals surface area (Å²) in [7, 11) is 0. The van der Waals surface area contributed by atoms with Crippen molar-refractivity contribution in [2.24, 2.45) is 5.92 Å². The molecule has 0 saturated carbocycles. The van der Waals surface area contributed by atoms with E-state index in [1.807, 2.05) is 0 Å². The summed E-state index contributed by atoms with van der Waals surface area (Å²) in [4.78, 5) is 2.60. The molecule has 2 aliphatic heterocycles. The number of hydrogen-bond acceptors (Lipinski definition) is 3. The largest absolute Gasteiger partial charge is 0.365 e. The quantitative estimate of drug-likeness (QED) is 0.786. The van der Waals surface area contributed by atoms with Gasteiger partial charge in [0.05, 0.1) is 6.10 Å². The third-order valence-corrected chi connectivity index (χ3v) is 3.91. The van der Waals surface area contributed by atoms with Crippen LogP contribution in [0.25, 0.3) is 0 Å². The second-order valence-corrected chi connectivity index (χ2v) is 5.21. The minimum absolute atomic E-state index is 0. The highest BCUT2D eigenvalue weighted by Gasteiger charge is 2.22. The van der Waals surface area contributed by atoms with Crippen LogP contribution >= 0.6 is 12.4 Å². The first-order valence-corrected chi connectivity index (χ1v) is 6.86. The molecule has 0 spiro atoms. The smallest absolute Gasteiger partial charge is 0.107 e. The van der Waals surface area contributed by atoms with Crippen molar-refractivity contribution in [2.45, 2.75) is 31.8 Å². The Kier molecular flexibility index (Phi) is 7.69. The van der Waals surface area contributed by atoms with Gasteiger partial charge in [-0.25, -0.2) is 0 Å². The lowest BCUT2D eigenvalue weighted by molar-refractivity contribution is 0.0197. The van der Waals surface area contributed by atoms with Crippen molar-refractivity contribution in [3.63, 3.8) is 0 Å². The molecule has 2 rings (SSSR count). The third kappa shape index (κ3) is 5.16. The molecule has 0 aromatic carbocycles. The van der Waals surface area contributed by atoms with Crippen LogP contribution in [0.2, 0.25) is 0 Å². The zero-order chi connectivity index (χ0) is 11.9. The van der Waals surface area contributed by atoms with Crippen molar-refractivity contribution >= 4 is 12.4 Å². The Bertz CT molecular complexity index is 253. The second-order valence-electron chi connectivity index (χ2n) is 5.21. The monoisotopic (exact) mass is 272 g/mol. The van der Waals surface area contributed by atoms with Crippen LogP contribution in [-0.4, -0.2) is 50.3 Å². The molecule has 0 amide bonds. The van der Waals surface area contributed by atoms with Gasteiger partial charge in [-0.1, -0.05) is 5.92 Å². The number of halogens is 1. The lowest BCUT2D eigenvalue weighted by atomic mass is 9.96. The first kappa shape index (κ1) is 15.8. The summed E-state index contributed by atoms with van der Waals surface area (Å²) in [6.45, 7) is 6.51. The van der Waals surface area contributed by atoms with E-state index in [0.717, 1.165) is 18.8 Å². The number of rotatable bonds is 4. The van der Waals surface area contributed by atoms with Crippen molar-refractivity contribution in [1.29, 1.82) is 0 Å². The molecule has 18 heavy (non-hydrogen) atoms. The Balaban J connectivity index is 0.00000162. The molecule has 2 saturated heterocycles. The van der Waals surface area contributed by atoms with E-state index >= 15 is 0 Å². The highest BCUT2D eigenvalue weighted by Crippen LogP contribution is 2.18. The van der Waals surface area contributed by atoms with Gasteiger partial charge in [-0.2, -0.15) is 0 Å². The van der Waals surface area contributed by atoms with Gasteiger partial charge < -0.3 is 15.0 Å². The maximum Gasteiger partial charge on any atom is 0.107 e. The fraction of sp³-hybridized carbons (Fsp3) is 0.857. The second kappa shape index (κ2) is 8.77. The Morgan fingerprint density at radius 2 is 1.83 bits per heavy atom. The van der Waals surface area contributed by atoms with E-state index in [4.69, 9.17) is 11.2 Å². The molecule has 104 valence electrons. The fourth-order valence-electron chi connectivity index (χ4n) is 2.85. The molecule has 2 aliphatic rings. The molecule has 0 aromatic rings.